The number of rotatable bonds is 3. The summed E-state index contributed by atoms with van der Waals surface area (Å²) in [5, 5.41) is 9.70. The second-order valence-electron chi connectivity index (χ2n) is 5.83. The molecule has 0 unspecified atom stereocenters. The number of halogens is 1. The Morgan fingerprint density at radius 2 is 1.67 bits per heavy atom. The number of carboxylic acids is 1. The van der Waals surface area contributed by atoms with Gasteiger partial charge in [0.25, 0.3) is 5.91 Å². The van der Waals surface area contributed by atoms with Gasteiger partial charge in [0, 0.05) is 18.1 Å². The minimum absolute atomic E-state index is 0.114. The molecule has 0 spiro atoms. The van der Waals surface area contributed by atoms with Crippen LogP contribution in [0, 0.1) is 0 Å². The molecule has 1 fully saturated rings. The van der Waals surface area contributed by atoms with E-state index in [9.17, 15) is 9.59 Å². The monoisotopic (exact) mass is 344 g/mol. The molecule has 2 heterocycles. The Bertz CT molecular complexity index is 753. The second-order valence-corrected chi connectivity index (χ2v) is 6.27. The smallest absolute Gasteiger partial charge is 0.354 e. The number of aromatic nitrogens is 1. The third-order valence-electron chi connectivity index (χ3n) is 4.31. The molecule has 1 aromatic heterocycles. The number of hydrogen-bond donors (Lipinski definition) is 1. The zero-order valence-corrected chi connectivity index (χ0v) is 13.7. The van der Waals surface area contributed by atoms with E-state index >= 15 is 0 Å². The summed E-state index contributed by atoms with van der Waals surface area (Å²) in [5.74, 6) is -0.941. The van der Waals surface area contributed by atoms with Crippen LogP contribution >= 0.6 is 11.6 Å². The van der Waals surface area contributed by atoms with Crippen molar-refractivity contribution in [2.24, 2.45) is 0 Å². The van der Waals surface area contributed by atoms with E-state index in [1.165, 1.54) is 11.6 Å². The molecular weight excluding hydrogens is 328 g/mol. The first kappa shape index (κ1) is 16.5. The molecule has 1 N–H and O–H groups in total. The third kappa shape index (κ3) is 3.57. The number of pyridine rings is 1. The molecule has 1 aliphatic rings. The van der Waals surface area contributed by atoms with E-state index in [2.05, 4.69) is 4.98 Å². The lowest BCUT2D eigenvalue weighted by atomic mass is 9.89. The van der Waals surface area contributed by atoms with Crippen molar-refractivity contribution in [3.63, 3.8) is 0 Å². The average molecular weight is 345 g/mol. The molecular formula is C18H17ClN2O3. The van der Waals surface area contributed by atoms with Crippen LogP contribution in [0.3, 0.4) is 0 Å². The van der Waals surface area contributed by atoms with Crippen LogP contribution < -0.4 is 0 Å². The molecule has 0 radical (unpaired) electrons. The maximum atomic E-state index is 12.5. The Hall–Kier alpha value is -2.40. The number of likely N-dealkylation sites (tertiary alicyclic amines) is 1. The fourth-order valence-corrected chi connectivity index (χ4v) is 3.11. The van der Waals surface area contributed by atoms with Crippen LogP contribution in [-0.4, -0.2) is 40.0 Å². The van der Waals surface area contributed by atoms with E-state index in [4.69, 9.17) is 16.7 Å². The molecule has 1 aromatic carbocycles. The van der Waals surface area contributed by atoms with Crippen molar-refractivity contribution in [1.29, 1.82) is 0 Å². The molecule has 3 rings (SSSR count). The Balaban J connectivity index is 1.66. The maximum Gasteiger partial charge on any atom is 0.354 e. The summed E-state index contributed by atoms with van der Waals surface area (Å²) < 4.78 is 0. The number of benzene rings is 1. The number of hydrogen-bond acceptors (Lipinski definition) is 3. The van der Waals surface area contributed by atoms with Crippen molar-refractivity contribution in [3.8, 4) is 0 Å². The minimum Gasteiger partial charge on any atom is -0.477 e. The zero-order chi connectivity index (χ0) is 17.1. The number of carbonyl (C=O) groups is 2. The zero-order valence-electron chi connectivity index (χ0n) is 13.0. The Labute approximate surface area is 144 Å². The van der Waals surface area contributed by atoms with Crippen molar-refractivity contribution < 1.29 is 14.7 Å². The fraction of sp³-hybridized carbons (Fsp3) is 0.278. The van der Waals surface area contributed by atoms with Crippen LogP contribution in [0.4, 0.5) is 0 Å². The van der Waals surface area contributed by atoms with E-state index < -0.39 is 5.97 Å². The lowest BCUT2D eigenvalue weighted by Gasteiger charge is -2.32. The van der Waals surface area contributed by atoms with Crippen molar-refractivity contribution in [2.75, 3.05) is 13.1 Å². The largest absolute Gasteiger partial charge is 0.477 e. The second kappa shape index (κ2) is 7.01. The number of nitrogens with zero attached hydrogens (tertiary/aromatic N) is 2. The van der Waals surface area contributed by atoms with Crippen LogP contribution in [0.5, 0.6) is 0 Å². The molecule has 5 nitrogen and oxygen atoms in total. The number of carbonyl (C=O) groups excluding carboxylic acids is 1. The number of amides is 1. The predicted molar refractivity (Wildman–Crippen MR) is 90.5 cm³/mol. The summed E-state index contributed by atoms with van der Waals surface area (Å²) in [7, 11) is 0. The molecule has 0 aliphatic carbocycles. The van der Waals surface area contributed by atoms with Gasteiger partial charge in [-0.3, -0.25) is 4.79 Å². The highest BCUT2D eigenvalue weighted by Crippen LogP contribution is 2.29. The quantitative estimate of drug-likeness (QED) is 0.925. The molecule has 0 atom stereocenters. The van der Waals surface area contributed by atoms with Crippen molar-refractivity contribution in [3.05, 3.63) is 64.4 Å². The van der Waals surface area contributed by atoms with Gasteiger partial charge in [0.1, 0.15) is 11.4 Å². The molecule has 1 saturated heterocycles. The van der Waals surface area contributed by atoms with Gasteiger partial charge in [-0.2, -0.15) is 0 Å². The van der Waals surface area contributed by atoms with E-state index in [-0.39, 0.29) is 17.3 Å². The molecule has 24 heavy (non-hydrogen) atoms. The Morgan fingerprint density at radius 3 is 2.29 bits per heavy atom. The molecule has 0 saturated carbocycles. The molecule has 2 aromatic rings. The summed E-state index contributed by atoms with van der Waals surface area (Å²) in [6.45, 7) is 1.26. The Kier molecular flexibility index (Phi) is 4.81. The topological polar surface area (TPSA) is 70.5 Å². The fourth-order valence-electron chi connectivity index (χ4n) is 2.99. The molecule has 1 aliphatic heterocycles. The standard InChI is InChI=1S/C18H17ClN2O3/c19-14-6-4-12(5-7-14)13-8-10-21(11-9-13)17(22)15-2-1-3-16(20-15)18(23)24/h1-7,13H,8-11H2,(H,23,24). The first-order valence-electron chi connectivity index (χ1n) is 7.79. The summed E-state index contributed by atoms with van der Waals surface area (Å²) >= 11 is 5.92. The van der Waals surface area contributed by atoms with Gasteiger partial charge in [-0.1, -0.05) is 29.8 Å². The Morgan fingerprint density at radius 1 is 1.04 bits per heavy atom. The number of aromatic carboxylic acids is 1. The highest BCUT2D eigenvalue weighted by molar-refractivity contribution is 6.30. The van der Waals surface area contributed by atoms with E-state index in [0.29, 0.717) is 19.0 Å². The maximum absolute atomic E-state index is 12.5. The van der Waals surface area contributed by atoms with Crippen molar-refractivity contribution in [1.82, 2.24) is 9.88 Å². The summed E-state index contributed by atoms with van der Waals surface area (Å²) in [6.07, 6.45) is 1.73. The van der Waals surface area contributed by atoms with Crippen LogP contribution in [0.1, 0.15) is 45.3 Å². The first-order chi connectivity index (χ1) is 11.5. The molecule has 6 heteroatoms. The lowest BCUT2D eigenvalue weighted by molar-refractivity contribution is 0.0688. The highest BCUT2D eigenvalue weighted by Gasteiger charge is 2.25. The van der Waals surface area contributed by atoms with Crippen molar-refractivity contribution >= 4 is 23.5 Å². The highest BCUT2D eigenvalue weighted by atomic mass is 35.5. The van der Waals surface area contributed by atoms with Crippen molar-refractivity contribution in [2.45, 2.75) is 18.8 Å². The van der Waals surface area contributed by atoms with E-state index in [1.54, 1.807) is 17.0 Å². The number of piperidine rings is 1. The van der Waals surface area contributed by atoms with Gasteiger partial charge < -0.3 is 10.0 Å². The molecule has 124 valence electrons. The van der Waals surface area contributed by atoms with Gasteiger partial charge in [-0.15, -0.1) is 0 Å². The SMILES string of the molecule is O=C(O)c1cccc(C(=O)N2CCC(c3ccc(Cl)cc3)CC2)n1. The lowest BCUT2D eigenvalue weighted by Crippen LogP contribution is -2.38. The van der Waals surface area contributed by atoms with Gasteiger partial charge in [-0.25, -0.2) is 9.78 Å². The predicted octanol–water partition coefficient (Wildman–Crippen LogP) is 3.45. The van der Waals surface area contributed by atoms with Gasteiger partial charge >= 0.3 is 5.97 Å². The van der Waals surface area contributed by atoms with Gasteiger partial charge in [0.15, 0.2) is 0 Å². The summed E-state index contributed by atoms with van der Waals surface area (Å²) in [6, 6.07) is 12.3. The molecule has 1 amide bonds. The number of carboxylic acid groups (broad SMARTS) is 1. The summed E-state index contributed by atoms with van der Waals surface area (Å²) in [5.41, 5.74) is 1.30. The minimum atomic E-state index is -1.13. The van der Waals surface area contributed by atoms with Crippen LogP contribution in [-0.2, 0) is 0 Å². The average Bonchev–Trinajstić information content (AvgIpc) is 2.62. The van der Waals surface area contributed by atoms with Crippen LogP contribution in [0.25, 0.3) is 0 Å². The van der Waals surface area contributed by atoms with Crippen LogP contribution in [0.15, 0.2) is 42.5 Å². The normalized spacial score (nSPS) is 15.3. The van der Waals surface area contributed by atoms with Gasteiger partial charge in [0.2, 0.25) is 0 Å². The van der Waals surface area contributed by atoms with Gasteiger partial charge in [-0.05, 0) is 48.6 Å². The first-order valence-corrected chi connectivity index (χ1v) is 8.17. The van der Waals surface area contributed by atoms with Gasteiger partial charge in [0.05, 0.1) is 0 Å². The summed E-state index contributed by atoms with van der Waals surface area (Å²) in [4.78, 5) is 29.2. The van der Waals surface area contributed by atoms with Crippen LogP contribution in [0.2, 0.25) is 5.02 Å². The van der Waals surface area contributed by atoms with E-state index in [0.717, 1.165) is 17.9 Å². The molecule has 0 bridgehead atoms. The third-order valence-corrected chi connectivity index (χ3v) is 4.56. The van der Waals surface area contributed by atoms with E-state index in [1.807, 2.05) is 24.3 Å².